The zero-order valence-electron chi connectivity index (χ0n) is 13.4. The van der Waals surface area contributed by atoms with E-state index in [0.717, 1.165) is 0 Å². The van der Waals surface area contributed by atoms with Crippen LogP contribution < -0.4 is 20.9 Å². The number of methoxy groups -OCH3 is 1. The lowest BCUT2D eigenvalue weighted by atomic mass is 10.3. The molecule has 0 spiro atoms. The van der Waals surface area contributed by atoms with Crippen molar-refractivity contribution in [1.82, 2.24) is 16.2 Å². The Morgan fingerprint density at radius 2 is 2.00 bits per heavy atom. The molecule has 0 saturated heterocycles. The molecule has 7 nitrogen and oxygen atoms in total. The van der Waals surface area contributed by atoms with Gasteiger partial charge >= 0.3 is 5.97 Å². The second-order valence-electron chi connectivity index (χ2n) is 4.74. The lowest BCUT2D eigenvalue weighted by Gasteiger charge is -2.16. The molecule has 0 unspecified atom stereocenters. The fourth-order valence-corrected chi connectivity index (χ4v) is 1.74. The number of esters is 1. The third-order valence-corrected chi connectivity index (χ3v) is 3.13. The summed E-state index contributed by atoms with van der Waals surface area (Å²) < 4.78 is 23.2. The summed E-state index contributed by atoms with van der Waals surface area (Å²) in [5.74, 6) is -1.38. The van der Waals surface area contributed by atoms with Crippen LogP contribution in [0.1, 0.15) is 19.8 Å². The van der Waals surface area contributed by atoms with E-state index in [0.29, 0.717) is 13.0 Å². The molecule has 0 radical (unpaired) electrons. The first-order valence-corrected chi connectivity index (χ1v) is 7.66. The van der Waals surface area contributed by atoms with Gasteiger partial charge in [-0.05, 0) is 37.7 Å². The number of benzene rings is 1. The van der Waals surface area contributed by atoms with Crippen molar-refractivity contribution in [2.45, 2.75) is 25.9 Å². The number of thiocarbonyl (C=S) groups is 1. The standard InChI is InChI=1S/C15H20FN3O4S/c1-10(23-12-7-4-3-6-11(12)16)14(21)18-19-15(24)17-9-5-8-13(20)22-2/h3-4,6-7,10H,5,8-9H2,1-2H3,(H,18,21)(H2,17,19,24)/t10-/m1/s1. The topological polar surface area (TPSA) is 88.7 Å². The first kappa shape index (κ1) is 19.6. The van der Waals surface area contributed by atoms with Gasteiger partial charge in [-0.15, -0.1) is 0 Å². The van der Waals surface area contributed by atoms with Crippen LogP contribution in [0.2, 0.25) is 0 Å². The molecule has 0 heterocycles. The van der Waals surface area contributed by atoms with E-state index in [-0.39, 0.29) is 23.3 Å². The summed E-state index contributed by atoms with van der Waals surface area (Å²) in [5, 5.41) is 3.00. The smallest absolute Gasteiger partial charge is 0.305 e. The highest BCUT2D eigenvalue weighted by atomic mass is 32.1. The molecule has 0 aliphatic carbocycles. The summed E-state index contributed by atoms with van der Waals surface area (Å²) in [4.78, 5) is 22.8. The molecule has 1 aromatic rings. The number of halogens is 1. The summed E-state index contributed by atoms with van der Waals surface area (Å²) in [6, 6.07) is 5.80. The Labute approximate surface area is 144 Å². The molecule has 0 saturated carbocycles. The molecule has 0 aliphatic heterocycles. The Morgan fingerprint density at radius 3 is 2.67 bits per heavy atom. The lowest BCUT2D eigenvalue weighted by Crippen LogP contribution is -2.50. The number of hydrazine groups is 1. The second-order valence-corrected chi connectivity index (χ2v) is 5.15. The summed E-state index contributed by atoms with van der Waals surface area (Å²) in [5.41, 5.74) is 4.85. The van der Waals surface area contributed by atoms with Crippen LogP contribution in [0.5, 0.6) is 5.75 Å². The van der Waals surface area contributed by atoms with E-state index in [9.17, 15) is 14.0 Å². The third kappa shape index (κ3) is 7.23. The van der Waals surface area contributed by atoms with Crippen molar-refractivity contribution < 1.29 is 23.5 Å². The average molecular weight is 357 g/mol. The number of hydrogen-bond acceptors (Lipinski definition) is 5. The molecular formula is C15H20FN3O4S. The van der Waals surface area contributed by atoms with Crippen LogP contribution in [0.15, 0.2) is 24.3 Å². The van der Waals surface area contributed by atoms with Crippen LogP contribution in [0.4, 0.5) is 4.39 Å². The van der Waals surface area contributed by atoms with Gasteiger partial charge in [0, 0.05) is 13.0 Å². The zero-order chi connectivity index (χ0) is 17.9. The Balaban J connectivity index is 2.26. The van der Waals surface area contributed by atoms with Crippen molar-refractivity contribution in [2.24, 2.45) is 0 Å². The number of carbonyl (C=O) groups is 2. The molecule has 1 amide bonds. The van der Waals surface area contributed by atoms with Crippen molar-refractivity contribution in [2.75, 3.05) is 13.7 Å². The summed E-state index contributed by atoms with van der Waals surface area (Å²) in [7, 11) is 1.32. The number of para-hydroxylation sites is 1. The largest absolute Gasteiger partial charge is 0.478 e. The van der Waals surface area contributed by atoms with Gasteiger partial charge in [0.1, 0.15) is 0 Å². The van der Waals surface area contributed by atoms with Crippen molar-refractivity contribution in [1.29, 1.82) is 0 Å². The van der Waals surface area contributed by atoms with Crippen molar-refractivity contribution in [3.63, 3.8) is 0 Å². The minimum Gasteiger partial charge on any atom is -0.478 e. The molecule has 0 aliphatic rings. The van der Waals surface area contributed by atoms with Crippen LogP contribution in [-0.2, 0) is 14.3 Å². The first-order chi connectivity index (χ1) is 11.4. The molecule has 9 heteroatoms. The van der Waals surface area contributed by atoms with Gasteiger partial charge in [-0.3, -0.25) is 20.4 Å². The van der Waals surface area contributed by atoms with Gasteiger partial charge in [0.2, 0.25) is 0 Å². The van der Waals surface area contributed by atoms with E-state index < -0.39 is 17.8 Å². The summed E-state index contributed by atoms with van der Waals surface area (Å²) in [6.07, 6.45) is -0.113. The molecular weight excluding hydrogens is 337 g/mol. The molecule has 1 rings (SSSR count). The van der Waals surface area contributed by atoms with Crippen molar-refractivity contribution >= 4 is 29.2 Å². The highest BCUT2D eigenvalue weighted by molar-refractivity contribution is 7.80. The van der Waals surface area contributed by atoms with E-state index in [1.807, 2.05) is 0 Å². The molecule has 0 fully saturated rings. The van der Waals surface area contributed by atoms with E-state index in [2.05, 4.69) is 20.9 Å². The highest BCUT2D eigenvalue weighted by Gasteiger charge is 2.16. The second kappa shape index (κ2) is 10.4. The molecule has 24 heavy (non-hydrogen) atoms. The van der Waals surface area contributed by atoms with Gasteiger partial charge in [-0.1, -0.05) is 12.1 Å². The number of carbonyl (C=O) groups excluding carboxylic acids is 2. The summed E-state index contributed by atoms with van der Waals surface area (Å²) >= 11 is 4.96. The Kier molecular flexibility index (Phi) is 8.48. The maximum Gasteiger partial charge on any atom is 0.305 e. The summed E-state index contributed by atoms with van der Waals surface area (Å²) in [6.45, 7) is 1.92. The Hall–Kier alpha value is -2.42. The van der Waals surface area contributed by atoms with Gasteiger partial charge in [-0.2, -0.15) is 0 Å². The SMILES string of the molecule is COC(=O)CCCNC(=S)NNC(=O)[C@@H](C)Oc1ccccc1F. The molecule has 0 bridgehead atoms. The van der Waals surface area contributed by atoms with E-state index in [1.54, 1.807) is 6.07 Å². The quantitative estimate of drug-likeness (QED) is 0.291. The van der Waals surface area contributed by atoms with E-state index in [4.69, 9.17) is 17.0 Å². The zero-order valence-corrected chi connectivity index (χ0v) is 14.2. The Morgan fingerprint density at radius 1 is 1.29 bits per heavy atom. The lowest BCUT2D eigenvalue weighted by molar-refractivity contribution is -0.140. The van der Waals surface area contributed by atoms with E-state index in [1.165, 1.54) is 32.2 Å². The fraction of sp³-hybridized carbons (Fsp3) is 0.400. The normalized spacial score (nSPS) is 11.1. The van der Waals surface area contributed by atoms with Crippen LogP contribution in [-0.4, -0.2) is 36.7 Å². The minimum atomic E-state index is -0.920. The van der Waals surface area contributed by atoms with Crippen molar-refractivity contribution in [3.05, 3.63) is 30.1 Å². The molecule has 132 valence electrons. The number of nitrogens with one attached hydrogen (secondary N) is 3. The number of rotatable bonds is 7. The monoisotopic (exact) mass is 357 g/mol. The highest BCUT2D eigenvalue weighted by Crippen LogP contribution is 2.16. The number of hydrogen-bond donors (Lipinski definition) is 3. The van der Waals surface area contributed by atoms with Gasteiger partial charge < -0.3 is 14.8 Å². The van der Waals surface area contributed by atoms with Crippen LogP contribution >= 0.6 is 12.2 Å². The predicted octanol–water partition coefficient (Wildman–Crippen LogP) is 1.04. The minimum absolute atomic E-state index is 0.0105. The molecule has 3 N–H and O–H groups in total. The van der Waals surface area contributed by atoms with Gasteiger partial charge in [-0.25, -0.2) is 4.39 Å². The maximum atomic E-state index is 13.4. The number of amides is 1. The molecule has 1 atom stereocenters. The third-order valence-electron chi connectivity index (χ3n) is 2.88. The first-order valence-electron chi connectivity index (χ1n) is 7.25. The van der Waals surface area contributed by atoms with Crippen LogP contribution in [0.3, 0.4) is 0 Å². The maximum absolute atomic E-state index is 13.4. The van der Waals surface area contributed by atoms with Crippen LogP contribution in [0.25, 0.3) is 0 Å². The number of ether oxygens (including phenoxy) is 2. The van der Waals surface area contributed by atoms with Gasteiger partial charge in [0.05, 0.1) is 7.11 Å². The Bertz CT molecular complexity index is 586. The fourth-order valence-electron chi connectivity index (χ4n) is 1.59. The molecule has 0 aromatic heterocycles. The molecule has 1 aromatic carbocycles. The van der Waals surface area contributed by atoms with Crippen LogP contribution in [0, 0.1) is 5.82 Å². The predicted molar refractivity (Wildman–Crippen MR) is 89.6 cm³/mol. The van der Waals surface area contributed by atoms with Crippen molar-refractivity contribution in [3.8, 4) is 5.75 Å². The van der Waals surface area contributed by atoms with Gasteiger partial charge in [0.15, 0.2) is 22.8 Å². The van der Waals surface area contributed by atoms with Gasteiger partial charge in [0.25, 0.3) is 5.91 Å². The van der Waals surface area contributed by atoms with E-state index >= 15 is 0 Å². The average Bonchev–Trinajstić information content (AvgIpc) is 2.58.